The molecule has 0 aliphatic rings. The minimum absolute atomic E-state index is 0.162. The number of rotatable bonds is 11. The molecule has 13 aromatic rings. The molecule has 75 heavy (non-hydrogen) atoms. The van der Waals surface area contributed by atoms with E-state index in [1.807, 2.05) is 0 Å². The molecule has 0 saturated carbocycles. The zero-order valence-corrected chi connectivity index (χ0v) is 43.3. The number of anilines is 6. The third-order valence-corrected chi connectivity index (χ3v) is 15.3. The normalized spacial score (nSPS) is 12.0. The van der Waals surface area contributed by atoms with Gasteiger partial charge in [-0.3, -0.25) is 0 Å². The van der Waals surface area contributed by atoms with Crippen LogP contribution >= 0.6 is 0 Å². The standard InChI is InChI=1S/C71H58N2O2/c1-44(2)55-25-13-17-29-62(55)72(64-31-19-15-27-57(64)47-21-9-7-10-22-47)53-35-33-49-39-59-60-43-68-70(69(46(5)6)71(60)75-66(59)41-51(49)37-53)61-40-50-34-36-54(38-52(50)42-67(61)74-68)73(63-30-18-14-26-56(63)45(3)4)65-32-20-16-28-58(65)48-23-11-8-12-24-48/h7-46H,1-6H3. The van der Waals surface area contributed by atoms with Crippen molar-refractivity contribution in [3.63, 3.8) is 0 Å². The Bertz CT molecular complexity index is 4140. The summed E-state index contributed by atoms with van der Waals surface area (Å²) in [6, 6.07) is 81.6. The zero-order valence-electron chi connectivity index (χ0n) is 43.3. The maximum Gasteiger partial charge on any atom is 0.139 e. The van der Waals surface area contributed by atoms with Crippen molar-refractivity contribution in [1.29, 1.82) is 0 Å². The molecular formula is C71H58N2O2. The second kappa shape index (κ2) is 18.6. The SMILES string of the molecule is CC(C)c1ccccc1N(c1ccc2cc3c(cc2c1)oc1c(C(C)C)c2c(cc13)oc1cc3cc(N(c4ccccc4-c4ccccc4)c4ccccc4C(C)C)ccc3cc12)c1ccccc1-c1ccccc1. The maximum absolute atomic E-state index is 7.10. The molecule has 0 aliphatic heterocycles. The Morgan fingerprint density at radius 3 is 1.25 bits per heavy atom. The lowest BCUT2D eigenvalue weighted by atomic mass is 9.93. The van der Waals surface area contributed by atoms with Crippen molar-refractivity contribution >= 4 is 99.5 Å². The number of para-hydroxylation sites is 4. The fourth-order valence-electron chi connectivity index (χ4n) is 11.7. The van der Waals surface area contributed by atoms with E-state index in [4.69, 9.17) is 8.83 Å². The molecule has 13 rings (SSSR count). The van der Waals surface area contributed by atoms with Crippen LogP contribution in [0.3, 0.4) is 0 Å². The van der Waals surface area contributed by atoms with Crippen LogP contribution < -0.4 is 9.80 Å². The molecule has 0 bridgehead atoms. The zero-order chi connectivity index (χ0) is 50.9. The highest BCUT2D eigenvalue weighted by Gasteiger charge is 2.26. The van der Waals surface area contributed by atoms with Gasteiger partial charge < -0.3 is 18.6 Å². The highest BCUT2D eigenvalue weighted by molar-refractivity contribution is 6.20. The minimum atomic E-state index is 0.162. The Labute approximate surface area is 438 Å². The average Bonchev–Trinajstić information content (AvgIpc) is 4.01. The van der Waals surface area contributed by atoms with E-state index in [2.05, 4.69) is 276 Å². The molecule has 11 aromatic carbocycles. The first-order valence-corrected chi connectivity index (χ1v) is 26.5. The van der Waals surface area contributed by atoms with Crippen molar-refractivity contribution in [3.8, 4) is 22.3 Å². The van der Waals surface area contributed by atoms with Gasteiger partial charge >= 0.3 is 0 Å². The van der Waals surface area contributed by atoms with Crippen LogP contribution in [0.4, 0.5) is 34.1 Å². The van der Waals surface area contributed by atoms with E-state index in [1.165, 1.54) is 50.3 Å². The van der Waals surface area contributed by atoms with Crippen LogP contribution in [0.1, 0.15) is 76.0 Å². The van der Waals surface area contributed by atoms with Gasteiger partial charge in [0.25, 0.3) is 0 Å². The summed E-state index contributed by atoms with van der Waals surface area (Å²) in [6.45, 7) is 13.6. The molecule has 0 spiro atoms. The van der Waals surface area contributed by atoms with Crippen molar-refractivity contribution in [2.45, 2.75) is 59.3 Å². The van der Waals surface area contributed by atoms with E-state index in [0.29, 0.717) is 11.8 Å². The van der Waals surface area contributed by atoms with E-state index in [-0.39, 0.29) is 5.92 Å². The highest BCUT2D eigenvalue weighted by Crippen LogP contribution is 2.49. The van der Waals surface area contributed by atoms with Gasteiger partial charge in [-0.1, -0.05) is 187 Å². The summed E-state index contributed by atoms with van der Waals surface area (Å²) in [5.74, 6) is 0.812. The highest BCUT2D eigenvalue weighted by atomic mass is 16.3. The summed E-state index contributed by atoms with van der Waals surface area (Å²) < 4.78 is 14.1. The van der Waals surface area contributed by atoms with Gasteiger partial charge in [0.05, 0.1) is 11.4 Å². The van der Waals surface area contributed by atoms with Crippen LogP contribution in [0.5, 0.6) is 0 Å². The Balaban J connectivity index is 0.952. The molecule has 0 amide bonds. The Morgan fingerprint density at radius 2 is 0.760 bits per heavy atom. The number of hydrogen-bond acceptors (Lipinski definition) is 4. The first-order chi connectivity index (χ1) is 36.7. The summed E-state index contributed by atoms with van der Waals surface area (Å²) in [4.78, 5) is 4.88. The lowest BCUT2D eigenvalue weighted by molar-refractivity contribution is 0.655. The van der Waals surface area contributed by atoms with Gasteiger partial charge in [-0.05, 0) is 140 Å². The third kappa shape index (κ3) is 7.91. The van der Waals surface area contributed by atoms with E-state index in [1.54, 1.807) is 0 Å². The summed E-state index contributed by atoms with van der Waals surface area (Å²) >= 11 is 0. The minimum Gasteiger partial charge on any atom is -0.456 e. The number of furan rings is 2. The molecule has 0 N–H and O–H groups in total. The molecule has 0 unspecified atom stereocenters. The van der Waals surface area contributed by atoms with E-state index in [0.717, 1.165) is 88.2 Å². The number of fused-ring (bicyclic) bond motifs is 8. The molecule has 0 fully saturated rings. The van der Waals surface area contributed by atoms with Gasteiger partial charge in [-0.2, -0.15) is 0 Å². The second-order valence-corrected chi connectivity index (χ2v) is 21.0. The quantitative estimate of drug-likeness (QED) is 0.129. The van der Waals surface area contributed by atoms with Crippen molar-refractivity contribution < 1.29 is 8.83 Å². The largest absolute Gasteiger partial charge is 0.456 e. The maximum atomic E-state index is 7.10. The van der Waals surface area contributed by atoms with Crippen LogP contribution in [-0.2, 0) is 0 Å². The van der Waals surface area contributed by atoms with Gasteiger partial charge in [-0.25, -0.2) is 0 Å². The van der Waals surface area contributed by atoms with Crippen LogP contribution in [0.2, 0.25) is 0 Å². The van der Waals surface area contributed by atoms with Crippen molar-refractivity contribution in [2.24, 2.45) is 0 Å². The number of hydrogen-bond donors (Lipinski definition) is 0. The second-order valence-electron chi connectivity index (χ2n) is 21.0. The average molecular weight is 971 g/mol. The van der Waals surface area contributed by atoms with Crippen molar-refractivity contribution in [1.82, 2.24) is 0 Å². The van der Waals surface area contributed by atoms with E-state index >= 15 is 0 Å². The molecule has 364 valence electrons. The number of nitrogens with zero attached hydrogens (tertiary/aromatic N) is 2. The summed E-state index contributed by atoms with van der Waals surface area (Å²) in [5.41, 5.74) is 18.8. The molecular weight excluding hydrogens is 913 g/mol. The topological polar surface area (TPSA) is 32.8 Å². The van der Waals surface area contributed by atoms with Gasteiger partial charge in [0, 0.05) is 61.0 Å². The Kier molecular flexibility index (Phi) is 11.4. The predicted octanol–water partition coefficient (Wildman–Crippen LogP) is 21.4. The van der Waals surface area contributed by atoms with E-state index in [9.17, 15) is 0 Å². The van der Waals surface area contributed by atoms with Crippen molar-refractivity contribution in [3.05, 3.63) is 241 Å². The van der Waals surface area contributed by atoms with Crippen LogP contribution in [-0.4, -0.2) is 0 Å². The molecule has 4 nitrogen and oxygen atoms in total. The van der Waals surface area contributed by atoms with Gasteiger partial charge in [0.15, 0.2) is 0 Å². The molecule has 0 radical (unpaired) electrons. The van der Waals surface area contributed by atoms with E-state index < -0.39 is 0 Å². The molecule has 0 saturated heterocycles. The van der Waals surface area contributed by atoms with Gasteiger partial charge in [0.2, 0.25) is 0 Å². The van der Waals surface area contributed by atoms with Gasteiger partial charge in [0.1, 0.15) is 22.3 Å². The lowest BCUT2D eigenvalue weighted by Gasteiger charge is -2.30. The first-order valence-electron chi connectivity index (χ1n) is 26.5. The smallest absolute Gasteiger partial charge is 0.139 e. The first kappa shape index (κ1) is 46.0. The molecule has 0 atom stereocenters. The fraction of sp³-hybridized carbons (Fsp3) is 0.127. The lowest BCUT2D eigenvalue weighted by Crippen LogP contribution is -2.13. The fourth-order valence-corrected chi connectivity index (χ4v) is 11.7. The summed E-state index contributed by atoms with van der Waals surface area (Å²) in [5, 5.41) is 8.90. The van der Waals surface area contributed by atoms with Gasteiger partial charge in [-0.15, -0.1) is 0 Å². The summed E-state index contributed by atoms with van der Waals surface area (Å²) in [6.07, 6.45) is 0. The van der Waals surface area contributed by atoms with Crippen LogP contribution in [0.15, 0.2) is 233 Å². The summed E-state index contributed by atoms with van der Waals surface area (Å²) in [7, 11) is 0. The molecule has 4 heteroatoms. The predicted molar refractivity (Wildman–Crippen MR) is 319 cm³/mol. The van der Waals surface area contributed by atoms with Crippen molar-refractivity contribution in [2.75, 3.05) is 9.80 Å². The monoisotopic (exact) mass is 970 g/mol. The van der Waals surface area contributed by atoms with Crippen LogP contribution in [0, 0.1) is 0 Å². The molecule has 0 aliphatic carbocycles. The molecule has 2 heterocycles. The Morgan fingerprint density at radius 1 is 0.320 bits per heavy atom. The number of benzene rings is 11. The Hall–Kier alpha value is -8.86. The van der Waals surface area contributed by atoms with Crippen LogP contribution in [0.25, 0.3) is 87.7 Å². The third-order valence-electron chi connectivity index (χ3n) is 15.3. The molecule has 2 aromatic heterocycles.